The molecule has 0 unspecified atom stereocenters. The van der Waals surface area contributed by atoms with Crippen molar-refractivity contribution in [2.75, 3.05) is 6.54 Å². The molecule has 0 saturated heterocycles. The summed E-state index contributed by atoms with van der Waals surface area (Å²) < 4.78 is 5.27. The van der Waals surface area contributed by atoms with E-state index in [1.807, 2.05) is 43.0 Å². The van der Waals surface area contributed by atoms with Crippen LogP contribution in [0.25, 0.3) is 55.7 Å². The molecule has 0 bridgehead atoms. The Morgan fingerprint density at radius 1 is 0.970 bits per heavy atom. The van der Waals surface area contributed by atoms with E-state index in [1.165, 1.54) is 0 Å². The van der Waals surface area contributed by atoms with Crippen LogP contribution in [-0.4, -0.2) is 36.7 Å². The van der Waals surface area contributed by atoms with Gasteiger partial charge in [-0.05, 0) is 42.4 Å². The van der Waals surface area contributed by atoms with Crippen LogP contribution in [0.1, 0.15) is 12.5 Å². The van der Waals surface area contributed by atoms with E-state index < -0.39 is 0 Å². The number of H-pyrrole nitrogens is 2. The standard InChI is InChI=1S/C25H21N7O/c1-2-26-9-15-7-17(11-27-10-15)20-3-4-21-24(30-20)25(32-31-21)22-8-18-19(16-5-6-33-14-16)12-28-13-23(18)29-22/h3-8,10-14,26,29H,2,9H2,1H3,(H,31,32). The zero-order valence-electron chi connectivity index (χ0n) is 18.0. The molecule has 6 heterocycles. The highest BCUT2D eigenvalue weighted by Crippen LogP contribution is 2.33. The summed E-state index contributed by atoms with van der Waals surface area (Å²) >= 11 is 0. The van der Waals surface area contributed by atoms with Crippen molar-refractivity contribution in [3.63, 3.8) is 0 Å². The molecule has 0 atom stereocenters. The number of nitrogens with one attached hydrogen (secondary N) is 3. The van der Waals surface area contributed by atoms with Gasteiger partial charge in [-0.3, -0.25) is 15.1 Å². The largest absolute Gasteiger partial charge is 0.472 e. The zero-order chi connectivity index (χ0) is 22.2. The van der Waals surface area contributed by atoms with Gasteiger partial charge in [0, 0.05) is 47.2 Å². The first-order chi connectivity index (χ1) is 16.3. The van der Waals surface area contributed by atoms with Gasteiger partial charge in [0.25, 0.3) is 0 Å². The molecule has 6 rings (SSSR count). The Balaban J connectivity index is 1.44. The highest BCUT2D eigenvalue weighted by molar-refractivity contribution is 5.99. The second-order valence-corrected chi connectivity index (χ2v) is 7.87. The van der Waals surface area contributed by atoms with Crippen molar-refractivity contribution in [1.29, 1.82) is 0 Å². The van der Waals surface area contributed by atoms with Crippen LogP contribution in [0, 0.1) is 0 Å². The fourth-order valence-corrected chi connectivity index (χ4v) is 4.07. The average Bonchev–Trinajstić information content (AvgIpc) is 3.61. The Morgan fingerprint density at radius 2 is 1.91 bits per heavy atom. The monoisotopic (exact) mass is 435 g/mol. The van der Waals surface area contributed by atoms with Crippen molar-refractivity contribution in [3.8, 4) is 33.8 Å². The molecule has 0 radical (unpaired) electrons. The maximum Gasteiger partial charge on any atom is 0.135 e. The van der Waals surface area contributed by atoms with Gasteiger partial charge < -0.3 is 14.7 Å². The molecule has 3 N–H and O–H groups in total. The maximum absolute atomic E-state index is 5.27. The van der Waals surface area contributed by atoms with Crippen LogP contribution < -0.4 is 5.32 Å². The number of nitrogens with zero attached hydrogens (tertiary/aromatic N) is 4. The van der Waals surface area contributed by atoms with Crippen LogP contribution in [0.15, 0.2) is 72.1 Å². The van der Waals surface area contributed by atoms with Gasteiger partial charge in [0.2, 0.25) is 0 Å². The Morgan fingerprint density at radius 3 is 2.79 bits per heavy atom. The minimum Gasteiger partial charge on any atom is -0.472 e. The van der Waals surface area contributed by atoms with Crippen molar-refractivity contribution in [1.82, 2.24) is 35.5 Å². The number of hydrogen-bond donors (Lipinski definition) is 3. The lowest BCUT2D eigenvalue weighted by Gasteiger charge is -2.05. The van der Waals surface area contributed by atoms with Crippen molar-refractivity contribution in [3.05, 3.63) is 73.2 Å². The van der Waals surface area contributed by atoms with E-state index in [1.54, 1.807) is 12.5 Å². The van der Waals surface area contributed by atoms with E-state index in [-0.39, 0.29) is 0 Å². The average molecular weight is 435 g/mol. The van der Waals surface area contributed by atoms with Crippen molar-refractivity contribution < 1.29 is 4.42 Å². The lowest BCUT2D eigenvalue weighted by molar-refractivity contribution is 0.568. The van der Waals surface area contributed by atoms with E-state index >= 15 is 0 Å². The summed E-state index contributed by atoms with van der Waals surface area (Å²) in [4.78, 5) is 17.2. The van der Waals surface area contributed by atoms with E-state index in [2.05, 4.69) is 49.5 Å². The minimum absolute atomic E-state index is 0.762. The summed E-state index contributed by atoms with van der Waals surface area (Å²) in [6, 6.07) is 10.1. The summed E-state index contributed by atoms with van der Waals surface area (Å²) in [7, 11) is 0. The molecule has 0 aliphatic carbocycles. The molecule has 6 aromatic rings. The third-order valence-corrected chi connectivity index (χ3v) is 5.71. The van der Waals surface area contributed by atoms with Crippen LogP contribution in [0.3, 0.4) is 0 Å². The molecule has 8 heteroatoms. The number of hydrogen-bond acceptors (Lipinski definition) is 6. The highest BCUT2D eigenvalue weighted by atomic mass is 16.3. The summed E-state index contributed by atoms with van der Waals surface area (Å²) in [6.45, 7) is 3.78. The summed E-state index contributed by atoms with van der Waals surface area (Å²) in [6.07, 6.45) is 10.8. The van der Waals surface area contributed by atoms with E-state index in [0.717, 1.165) is 74.4 Å². The lowest BCUT2D eigenvalue weighted by atomic mass is 10.1. The molecule has 0 fully saturated rings. The SMILES string of the molecule is CCNCc1cncc(-c2ccc3[nH]nc(-c4cc5c(-c6ccoc6)cncc5[nH]4)c3n2)c1. The second kappa shape index (κ2) is 7.99. The summed E-state index contributed by atoms with van der Waals surface area (Å²) in [5.41, 5.74) is 9.17. The molecule has 0 aliphatic rings. The highest BCUT2D eigenvalue weighted by Gasteiger charge is 2.16. The molecule has 0 amide bonds. The fraction of sp³-hybridized carbons (Fsp3) is 0.120. The second-order valence-electron chi connectivity index (χ2n) is 7.87. The van der Waals surface area contributed by atoms with Gasteiger partial charge >= 0.3 is 0 Å². The van der Waals surface area contributed by atoms with E-state index in [0.29, 0.717) is 0 Å². The first-order valence-electron chi connectivity index (χ1n) is 10.8. The third-order valence-electron chi connectivity index (χ3n) is 5.71. The number of pyridine rings is 3. The van der Waals surface area contributed by atoms with Crippen molar-refractivity contribution in [2.24, 2.45) is 0 Å². The molecule has 0 saturated carbocycles. The number of fused-ring (bicyclic) bond motifs is 2. The molecule has 0 spiro atoms. The maximum atomic E-state index is 5.27. The Bertz CT molecular complexity index is 1560. The van der Waals surface area contributed by atoms with Crippen molar-refractivity contribution >= 4 is 21.9 Å². The van der Waals surface area contributed by atoms with Crippen LogP contribution in [-0.2, 0) is 6.54 Å². The number of aromatic amines is 2. The first-order valence-corrected chi connectivity index (χ1v) is 10.8. The Kier molecular flexibility index (Phi) is 4.70. The summed E-state index contributed by atoms with van der Waals surface area (Å²) in [5.74, 6) is 0. The van der Waals surface area contributed by atoms with Gasteiger partial charge in [-0.15, -0.1) is 0 Å². The number of furan rings is 1. The topological polar surface area (TPSA) is 108 Å². The Hall–Kier alpha value is -4.30. The zero-order valence-corrected chi connectivity index (χ0v) is 18.0. The molecule has 6 aromatic heterocycles. The van der Waals surface area contributed by atoms with Crippen LogP contribution in [0.2, 0.25) is 0 Å². The number of aromatic nitrogens is 6. The lowest BCUT2D eigenvalue weighted by Crippen LogP contribution is -2.11. The van der Waals surface area contributed by atoms with Gasteiger partial charge in [-0.1, -0.05) is 6.92 Å². The molecule has 33 heavy (non-hydrogen) atoms. The predicted molar refractivity (Wildman–Crippen MR) is 127 cm³/mol. The Labute approximate surface area is 189 Å². The van der Waals surface area contributed by atoms with Gasteiger partial charge in [-0.2, -0.15) is 5.10 Å². The molecule has 0 aromatic carbocycles. The number of rotatable bonds is 6. The molecular formula is C25H21N7O. The van der Waals surface area contributed by atoms with E-state index in [4.69, 9.17) is 9.40 Å². The van der Waals surface area contributed by atoms with Crippen LogP contribution in [0.4, 0.5) is 0 Å². The van der Waals surface area contributed by atoms with Crippen LogP contribution >= 0.6 is 0 Å². The van der Waals surface area contributed by atoms with Crippen molar-refractivity contribution in [2.45, 2.75) is 13.5 Å². The third kappa shape index (κ3) is 3.46. The summed E-state index contributed by atoms with van der Waals surface area (Å²) in [5, 5.41) is 12.1. The smallest absolute Gasteiger partial charge is 0.135 e. The molecule has 8 nitrogen and oxygen atoms in total. The van der Waals surface area contributed by atoms with E-state index in [9.17, 15) is 0 Å². The van der Waals surface area contributed by atoms with Gasteiger partial charge in [0.15, 0.2) is 0 Å². The fourth-order valence-electron chi connectivity index (χ4n) is 4.07. The predicted octanol–water partition coefficient (Wildman–Crippen LogP) is 4.93. The minimum atomic E-state index is 0.762. The van der Waals surface area contributed by atoms with Gasteiger partial charge in [-0.25, -0.2) is 4.98 Å². The normalized spacial score (nSPS) is 11.5. The molecular weight excluding hydrogens is 414 g/mol. The molecule has 0 aliphatic heterocycles. The first kappa shape index (κ1) is 19.4. The quantitative estimate of drug-likeness (QED) is 0.342. The molecule has 162 valence electrons. The van der Waals surface area contributed by atoms with Gasteiger partial charge in [0.05, 0.1) is 41.1 Å². The van der Waals surface area contributed by atoms with Crippen LogP contribution in [0.5, 0.6) is 0 Å². The van der Waals surface area contributed by atoms with Gasteiger partial charge in [0.1, 0.15) is 11.2 Å².